The Labute approximate surface area is 338 Å². The molecule has 2 heterocycles. The van der Waals surface area contributed by atoms with E-state index in [0.29, 0.717) is 6.42 Å². The van der Waals surface area contributed by atoms with E-state index in [1.165, 1.54) is 0 Å². The van der Waals surface area contributed by atoms with Crippen LogP contribution in [0.15, 0.2) is 0 Å². The molecular formula is C41H70O16. The van der Waals surface area contributed by atoms with Gasteiger partial charge >= 0.3 is 29.8 Å². The Morgan fingerprint density at radius 3 is 1.32 bits per heavy atom. The molecule has 4 unspecified atom stereocenters. The largest absolute Gasteiger partial charge is 0.462 e. The Morgan fingerprint density at radius 1 is 0.526 bits per heavy atom. The average molecular weight is 819 g/mol. The summed E-state index contributed by atoms with van der Waals surface area (Å²) in [6.45, 7) is 25.0. The van der Waals surface area contributed by atoms with Crippen molar-refractivity contribution < 1.29 is 76.8 Å². The molecule has 16 heteroatoms. The maximum Gasteiger partial charge on any atom is 0.311 e. The predicted molar refractivity (Wildman–Crippen MR) is 204 cm³/mol. The lowest BCUT2D eigenvalue weighted by Crippen LogP contribution is -2.67. The third-order valence-corrected chi connectivity index (χ3v) is 8.87. The van der Waals surface area contributed by atoms with Crippen molar-refractivity contribution in [1.82, 2.24) is 0 Å². The van der Waals surface area contributed by atoms with Crippen LogP contribution in [0.25, 0.3) is 0 Å². The van der Waals surface area contributed by atoms with E-state index in [1.807, 2.05) is 6.92 Å². The number of carbonyl (C=O) groups is 5. The van der Waals surface area contributed by atoms with Crippen LogP contribution < -0.4 is 0 Å². The maximum atomic E-state index is 13.8. The number of aliphatic hydroxyl groups is 2. The van der Waals surface area contributed by atoms with Gasteiger partial charge in [-0.2, -0.15) is 0 Å². The lowest BCUT2D eigenvalue weighted by molar-refractivity contribution is -0.362. The predicted octanol–water partition coefficient (Wildman–Crippen LogP) is 4.41. The Hall–Kier alpha value is -2.89. The van der Waals surface area contributed by atoms with Gasteiger partial charge in [-0.1, -0.05) is 13.3 Å². The van der Waals surface area contributed by atoms with Crippen molar-refractivity contribution in [2.24, 2.45) is 27.1 Å². The van der Waals surface area contributed by atoms with Crippen LogP contribution in [0.4, 0.5) is 0 Å². The summed E-state index contributed by atoms with van der Waals surface area (Å²) in [6, 6.07) is 0. The zero-order valence-corrected chi connectivity index (χ0v) is 36.9. The highest BCUT2D eigenvalue weighted by atomic mass is 16.8. The van der Waals surface area contributed by atoms with Gasteiger partial charge < -0.3 is 52.8 Å². The van der Waals surface area contributed by atoms with E-state index < -0.39 is 132 Å². The van der Waals surface area contributed by atoms with E-state index in [9.17, 15) is 34.2 Å². The molecule has 16 nitrogen and oxygen atoms in total. The Kier molecular flexibility index (Phi) is 17.1. The molecule has 0 bridgehead atoms. The topological polar surface area (TPSA) is 209 Å². The molecule has 2 saturated heterocycles. The fraction of sp³-hybridized carbons (Fsp3) is 0.878. The van der Waals surface area contributed by atoms with Crippen LogP contribution in [0.3, 0.4) is 0 Å². The van der Waals surface area contributed by atoms with E-state index in [-0.39, 0.29) is 6.61 Å². The van der Waals surface area contributed by atoms with Crippen LogP contribution in [-0.4, -0.2) is 121 Å². The van der Waals surface area contributed by atoms with E-state index in [2.05, 4.69) is 0 Å². The van der Waals surface area contributed by atoms with Crippen molar-refractivity contribution in [2.75, 3.05) is 19.8 Å². The molecule has 0 amide bonds. The van der Waals surface area contributed by atoms with Crippen molar-refractivity contribution in [3.63, 3.8) is 0 Å². The summed E-state index contributed by atoms with van der Waals surface area (Å²) in [5, 5.41) is 21.8. The van der Waals surface area contributed by atoms with Gasteiger partial charge in [-0.05, 0) is 110 Å². The molecule has 2 rings (SSSR count). The minimum atomic E-state index is -1.77. The Balaban J connectivity index is 2.92. The second-order valence-electron chi connectivity index (χ2n) is 19.9. The summed E-state index contributed by atoms with van der Waals surface area (Å²) < 4.78 is 54.9. The van der Waals surface area contributed by atoms with Gasteiger partial charge in [0.1, 0.15) is 31.0 Å². The molecular weight excluding hydrogens is 748 g/mol. The van der Waals surface area contributed by atoms with Crippen LogP contribution in [0.5, 0.6) is 0 Å². The van der Waals surface area contributed by atoms with Gasteiger partial charge in [-0.3, -0.25) is 24.0 Å². The highest BCUT2D eigenvalue weighted by molar-refractivity contribution is 5.78. The summed E-state index contributed by atoms with van der Waals surface area (Å²) >= 11 is 0. The lowest BCUT2D eigenvalue weighted by atomic mass is 9.93. The fourth-order valence-electron chi connectivity index (χ4n) is 5.06. The number of rotatable bonds is 13. The molecule has 2 aliphatic heterocycles. The minimum absolute atomic E-state index is 0.151. The molecule has 0 aliphatic carbocycles. The number of hydrogen-bond acceptors (Lipinski definition) is 16. The molecule has 0 aromatic rings. The van der Waals surface area contributed by atoms with E-state index in [0.717, 1.165) is 6.42 Å². The van der Waals surface area contributed by atoms with E-state index in [1.54, 1.807) is 104 Å². The molecule has 0 aromatic heterocycles. The summed E-state index contributed by atoms with van der Waals surface area (Å²) in [5.74, 6) is -3.60. The highest BCUT2D eigenvalue weighted by Crippen LogP contribution is 2.37. The molecule has 2 N–H and O–H groups in total. The highest BCUT2D eigenvalue weighted by Gasteiger charge is 2.58. The van der Waals surface area contributed by atoms with Gasteiger partial charge in [-0.25, -0.2) is 0 Å². The van der Waals surface area contributed by atoms with Crippen molar-refractivity contribution >= 4 is 29.8 Å². The number of unbranched alkanes of at least 4 members (excludes halogenated alkanes) is 1. The number of ether oxygens (including phenoxy) is 9. The molecule has 0 radical (unpaired) electrons. The molecule has 0 aromatic carbocycles. The van der Waals surface area contributed by atoms with Crippen molar-refractivity contribution in [2.45, 2.75) is 185 Å². The first-order chi connectivity index (χ1) is 25.8. The first kappa shape index (κ1) is 50.3. The van der Waals surface area contributed by atoms with Crippen molar-refractivity contribution in [3.8, 4) is 0 Å². The Morgan fingerprint density at radius 2 is 0.912 bits per heavy atom. The van der Waals surface area contributed by atoms with Crippen LogP contribution in [0.1, 0.15) is 124 Å². The minimum Gasteiger partial charge on any atom is -0.462 e. The second kappa shape index (κ2) is 19.4. The standard InChI is InChI=1S/C41H70O16/c1-17-18-19-49-30-29(57-36(48)41(14,15)16)27(55-34(46)39(8,9)10)25(23(52-30)21-50-32(44)37(2,3)4)53-31-28(56-35(47)40(11,12)13)26(24(43)22(20-42)51-31)54-33(45)38(5,6)7/h22-31,42-43H,17-21H2,1-16H3/t22?,23?,24-,25+,26?,27?,28-,29-,30+,31-/m0/s1. The van der Waals surface area contributed by atoms with Gasteiger partial charge in [0.15, 0.2) is 37.0 Å². The van der Waals surface area contributed by atoms with Crippen LogP contribution in [0.2, 0.25) is 0 Å². The average Bonchev–Trinajstić information content (AvgIpc) is 3.06. The summed E-state index contributed by atoms with van der Waals surface area (Å²) in [7, 11) is 0. The van der Waals surface area contributed by atoms with Crippen LogP contribution in [0, 0.1) is 27.1 Å². The normalized spacial score (nSPS) is 28.9. The summed E-state index contributed by atoms with van der Waals surface area (Å²) in [5.41, 5.74) is -5.28. The molecule has 2 aliphatic rings. The third-order valence-electron chi connectivity index (χ3n) is 8.87. The van der Waals surface area contributed by atoms with Gasteiger partial charge in [0, 0.05) is 6.61 Å². The van der Waals surface area contributed by atoms with Crippen LogP contribution >= 0.6 is 0 Å². The van der Waals surface area contributed by atoms with Gasteiger partial charge in [0.25, 0.3) is 0 Å². The van der Waals surface area contributed by atoms with Gasteiger partial charge in [0.05, 0.1) is 33.7 Å². The molecule has 10 atom stereocenters. The number of esters is 5. The van der Waals surface area contributed by atoms with Gasteiger partial charge in [-0.15, -0.1) is 0 Å². The SMILES string of the molecule is CCCCO[C@@H]1OC(COC(=O)C(C)(C)C)[C@@H](O[C@@H]2OC(CO)[C@H](O)C(OC(=O)C(C)(C)C)[C@@H]2OC(=O)C(C)(C)C)C(OC(=O)C(C)(C)C)[C@@H]1OC(=O)C(C)(C)C. The fourth-order valence-corrected chi connectivity index (χ4v) is 5.06. The zero-order chi connectivity index (χ0) is 44.1. The number of hydrogen-bond donors (Lipinski definition) is 2. The zero-order valence-electron chi connectivity index (χ0n) is 36.9. The quantitative estimate of drug-likeness (QED) is 0.150. The van der Waals surface area contributed by atoms with E-state index >= 15 is 0 Å². The monoisotopic (exact) mass is 818 g/mol. The molecule has 0 spiro atoms. The third kappa shape index (κ3) is 14.1. The van der Waals surface area contributed by atoms with E-state index in [4.69, 9.17) is 42.6 Å². The molecule has 2 fully saturated rings. The molecule has 57 heavy (non-hydrogen) atoms. The van der Waals surface area contributed by atoms with Crippen molar-refractivity contribution in [1.29, 1.82) is 0 Å². The first-order valence-corrected chi connectivity index (χ1v) is 19.7. The second-order valence-corrected chi connectivity index (χ2v) is 19.9. The number of carbonyl (C=O) groups excluding carboxylic acids is 5. The summed E-state index contributed by atoms with van der Waals surface area (Å²) in [6.07, 6.45) is -14.2. The van der Waals surface area contributed by atoms with Crippen LogP contribution in [-0.2, 0) is 66.6 Å². The molecule has 0 saturated carbocycles. The smallest absolute Gasteiger partial charge is 0.311 e. The summed E-state index contributed by atoms with van der Waals surface area (Å²) in [4.78, 5) is 67.3. The van der Waals surface area contributed by atoms with Gasteiger partial charge in [0.2, 0.25) is 0 Å². The Bertz CT molecular complexity index is 1370. The first-order valence-electron chi connectivity index (χ1n) is 19.7. The van der Waals surface area contributed by atoms with Crippen molar-refractivity contribution in [3.05, 3.63) is 0 Å². The molecule has 330 valence electrons. The maximum absolute atomic E-state index is 13.8. The number of aliphatic hydroxyl groups excluding tert-OH is 2. The lowest BCUT2D eigenvalue weighted by Gasteiger charge is -2.49.